The van der Waals surface area contributed by atoms with E-state index in [-0.39, 0.29) is 17.9 Å². The number of hydrogen-bond acceptors (Lipinski definition) is 4. The Morgan fingerprint density at radius 3 is 2.82 bits per heavy atom. The predicted molar refractivity (Wildman–Crippen MR) is 136 cm³/mol. The van der Waals surface area contributed by atoms with Gasteiger partial charge in [-0.15, -0.1) is 0 Å². The van der Waals surface area contributed by atoms with E-state index in [1.165, 1.54) is 22.9 Å². The monoisotopic (exact) mass is 470 g/mol. The molecule has 0 saturated carbocycles. The Labute approximate surface area is 203 Å². The van der Waals surface area contributed by atoms with Gasteiger partial charge in [-0.3, -0.25) is 9.59 Å². The van der Waals surface area contributed by atoms with E-state index >= 15 is 0 Å². The molecule has 172 valence electrons. The summed E-state index contributed by atoms with van der Waals surface area (Å²) in [6.45, 7) is 0. The number of thioether (sulfide) groups is 1. The number of rotatable bonds is 4. The quantitative estimate of drug-likeness (QED) is 0.504. The van der Waals surface area contributed by atoms with E-state index in [1.54, 1.807) is 19.1 Å². The summed E-state index contributed by atoms with van der Waals surface area (Å²) in [5.74, 6) is 0.528. The normalized spacial score (nSPS) is 18.3. The molecule has 5 nitrogen and oxygen atoms in total. The zero-order valence-corrected chi connectivity index (χ0v) is 20.0. The lowest BCUT2D eigenvalue weighted by atomic mass is 9.87. The number of fused-ring (bicyclic) bond motifs is 2. The van der Waals surface area contributed by atoms with Crippen molar-refractivity contribution in [3.05, 3.63) is 93.9 Å². The minimum atomic E-state index is -0.118. The highest BCUT2D eigenvalue weighted by Gasteiger charge is 2.28. The van der Waals surface area contributed by atoms with Crippen LogP contribution in [0.3, 0.4) is 0 Å². The maximum absolute atomic E-state index is 13.1. The highest BCUT2D eigenvalue weighted by atomic mass is 32.2. The van der Waals surface area contributed by atoms with Gasteiger partial charge in [-0.05, 0) is 72.4 Å². The van der Waals surface area contributed by atoms with Crippen molar-refractivity contribution in [2.24, 2.45) is 0 Å². The molecule has 1 aliphatic heterocycles. The van der Waals surface area contributed by atoms with Gasteiger partial charge in [0.2, 0.25) is 0 Å². The van der Waals surface area contributed by atoms with Gasteiger partial charge in [0.15, 0.2) is 0 Å². The fraction of sp³-hybridized carbons (Fsp3) is 0.214. The van der Waals surface area contributed by atoms with Crippen LogP contribution in [0, 0.1) is 0 Å². The lowest BCUT2D eigenvalue weighted by Crippen LogP contribution is -2.32. The third-order valence-electron chi connectivity index (χ3n) is 6.38. The second-order valence-electron chi connectivity index (χ2n) is 8.55. The number of amides is 2. The van der Waals surface area contributed by atoms with Gasteiger partial charge in [-0.25, -0.2) is 0 Å². The van der Waals surface area contributed by atoms with Crippen molar-refractivity contribution in [3.63, 3.8) is 0 Å². The number of benzene rings is 3. The molecular formula is C28H26N2O3S. The molecule has 2 amide bonds. The zero-order chi connectivity index (χ0) is 23.7. The molecule has 0 spiro atoms. The van der Waals surface area contributed by atoms with Crippen molar-refractivity contribution < 1.29 is 14.3 Å². The molecule has 0 radical (unpaired) electrons. The Bertz CT molecular complexity index is 1300. The van der Waals surface area contributed by atoms with Gasteiger partial charge in [-0.1, -0.05) is 48.2 Å². The molecule has 34 heavy (non-hydrogen) atoms. The van der Waals surface area contributed by atoms with Crippen molar-refractivity contribution in [1.82, 2.24) is 5.32 Å². The molecule has 0 aromatic heterocycles. The second-order valence-corrected chi connectivity index (χ2v) is 9.63. The van der Waals surface area contributed by atoms with Crippen LogP contribution >= 0.6 is 11.8 Å². The summed E-state index contributed by atoms with van der Waals surface area (Å²) in [6, 6.07) is 21.5. The Morgan fingerprint density at radius 1 is 1.12 bits per heavy atom. The molecule has 1 atom stereocenters. The lowest BCUT2D eigenvalue weighted by molar-refractivity contribution is -0.114. The molecule has 2 aliphatic rings. The van der Waals surface area contributed by atoms with Gasteiger partial charge in [0.1, 0.15) is 5.75 Å². The second kappa shape index (κ2) is 9.39. The number of nitrogens with zero attached hydrogens (tertiary/aromatic N) is 1. The number of methoxy groups -OCH3 is 1. The Morgan fingerprint density at radius 2 is 1.97 bits per heavy atom. The first-order valence-corrected chi connectivity index (χ1v) is 12.2. The summed E-state index contributed by atoms with van der Waals surface area (Å²) in [6.07, 6.45) is 4.91. The Balaban J connectivity index is 1.38. The van der Waals surface area contributed by atoms with Crippen molar-refractivity contribution >= 4 is 35.3 Å². The number of anilines is 1. The molecule has 3 aromatic carbocycles. The molecule has 0 fully saturated rings. The van der Waals surface area contributed by atoms with Crippen molar-refractivity contribution in [3.8, 4) is 5.75 Å². The van der Waals surface area contributed by atoms with Crippen LogP contribution < -0.4 is 15.0 Å². The van der Waals surface area contributed by atoms with Crippen LogP contribution in [0.1, 0.15) is 45.9 Å². The number of likely N-dealkylation sites (N-methyl/N-ethyl adjacent to an activating group) is 1. The molecular weight excluding hydrogens is 444 g/mol. The molecule has 1 unspecified atom stereocenters. The van der Waals surface area contributed by atoms with Crippen LogP contribution in [0.4, 0.5) is 5.69 Å². The van der Waals surface area contributed by atoms with Crippen LogP contribution in [-0.2, 0) is 11.2 Å². The van der Waals surface area contributed by atoms with Crippen LogP contribution in [0.5, 0.6) is 5.75 Å². The van der Waals surface area contributed by atoms with Crippen LogP contribution in [0.25, 0.3) is 6.08 Å². The van der Waals surface area contributed by atoms with Crippen LogP contribution in [-0.4, -0.2) is 26.0 Å². The van der Waals surface area contributed by atoms with Crippen LogP contribution in [0.15, 0.2) is 76.5 Å². The molecule has 5 rings (SSSR count). The summed E-state index contributed by atoms with van der Waals surface area (Å²) in [5, 5.41) is 3.20. The zero-order valence-electron chi connectivity index (χ0n) is 19.2. The van der Waals surface area contributed by atoms with Crippen LogP contribution in [0.2, 0.25) is 0 Å². The van der Waals surface area contributed by atoms with Crippen molar-refractivity contribution in [2.75, 3.05) is 19.1 Å². The Hall–Kier alpha value is -3.51. The van der Waals surface area contributed by atoms with E-state index in [4.69, 9.17) is 4.74 Å². The largest absolute Gasteiger partial charge is 0.497 e. The molecule has 1 aliphatic carbocycles. The number of carbonyl (C=O) groups excluding carboxylic acids is 2. The number of hydrogen-bond donors (Lipinski definition) is 1. The van der Waals surface area contributed by atoms with Crippen molar-refractivity contribution in [2.45, 2.75) is 30.2 Å². The van der Waals surface area contributed by atoms with Gasteiger partial charge < -0.3 is 15.0 Å². The molecule has 1 N–H and O–H groups in total. The van der Waals surface area contributed by atoms with Gasteiger partial charge in [0, 0.05) is 17.5 Å². The fourth-order valence-corrected chi connectivity index (χ4v) is 5.66. The number of aryl methyl sites for hydroxylation is 1. The minimum Gasteiger partial charge on any atom is -0.497 e. The summed E-state index contributed by atoms with van der Waals surface area (Å²) in [7, 11) is 3.37. The summed E-state index contributed by atoms with van der Waals surface area (Å²) in [5.41, 5.74) is 4.71. The maximum Gasteiger partial charge on any atom is 0.264 e. The topological polar surface area (TPSA) is 58.6 Å². The SMILES string of the molecule is COc1cccc(/C=C2\Sc3ccc(C(=O)NC4CCCc5ccccc54)cc3N(C)C2=O)c1. The van der Waals surface area contributed by atoms with E-state index in [0.29, 0.717) is 10.5 Å². The smallest absolute Gasteiger partial charge is 0.264 e. The fourth-order valence-electron chi connectivity index (χ4n) is 4.56. The minimum absolute atomic E-state index is 0.0135. The van der Waals surface area contributed by atoms with E-state index in [0.717, 1.165) is 41.2 Å². The molecule has 0 saturated heterocycles. The number of ether oxygens (including phenoxy) is 1. The standard InChI is InChI=1S/C28H26N2O3S/c1-30-24-17-20(27(31)29-23-12-6-9-19-8-3-4-11-22(19)23)13-14-25(24)34-26(28(30)32)16-18-7-5-10-21(15-18)33-2/h3-5,7-8,10-11,13-17,23H,6,9,12H2,1-2H3,(H,29,31)/b26-16-. The molecule has 0 bridgehead atoms. The van der Waals surface area contributed by atoms with E-state index in [9.17, 15) is 9.59 Å². The third-order valence-corrected chi connectivity index (χ3v) is 7.46. The summed E-state index contributed by atoms with van der Waals surface area (Å²) in [4.78, 5) is 29.4. The van der Waals surface area contributed by atoms with E-state index in [2.05, 4.69) is 17.4 Å². The highest BCUT2D eigenvalue weighted by Crippen LogP contribution is 2.42. The number of carbonyl (C=O) groups is 2. The lowest BCUT2D eigenvalue weighted by Gasteiger charge is -2.28. The van der Waals surface area contributed by atoms with Gasteiger partial charge >= 0.3 is 0 Å². The first-order chi connectivity index (χ1) is 16.5. The average molecular weight is 471 g/mol. The molecule has 3 aromatic rings. The molecule has 1 heterocycles. The third kappa shape index (κ3) is 4.33. The van der Waals surface area contributed by atoms with Gasteiger partial charge in [0.05, 0.1) is 23.7 Å². The first-order valence-electron chi connectivity index (χ1n) is 11.4. The predicted octanol–water partition coefficient (Wildman–Crippen LogP) is 5.61. The highest BCUT2D eigenvalue weighted by molar-refractivity contribution is 8.04. The van der Waals surface area contributed by atoms with Gasteiger partial charge in [-0.2, -0.15) is 0 Å². The van der Waals surface area contributed by atoms with Crippen molar-refractivity contribution in [1.29, 1.82) is 0 Å². The summed E-state index contributed by atoms with van der Waals surface area (Å²) < 4.78 is 5.29. The Kier molecular flexibility index (Phi) is 6.16. The number of nitrogens with one attached hydrogen (secondary N) is 1. The summed E-state index contributed by atoms with van der Waals surface area (Å²) >= 11 is 1.42. The van der Waals surface area contributed by atoms with Gasteiger partial charge in [0.25, 0.3) is 11.8 Å². The maximum atomic E-state index is 13.1. The molecule has 6 heteroatoms. The van der Waals surface area contributed by atoms with E-state index in [1.807, 2.05) is 60.7 Å². The van der Waals surface area contributed by atoms with E-state index < -0.39 is 0 Å². The first kappa shape index (κ1) is 22.3. The average Bonchev–Trinajstić information content (AvgIpc) is 2.87.